The molecule has 0 spiro atoms. The Kier molecular flexibility index (Phi) is 3.63. The highest BCUT2D eigenvalue weighted by atomic mass is 16.7. The van der Waals surface area contributed by atoms with E-state index in [2.05, 4.69) is 5.10 Å². The number of imide groups is 1. The lowest BCUT2D eigenvalue weighted by atomic mass is 10.1. The maximum Gasteiger partial charge on any atom is 0.367 e. The summed E-state index contributed by atoms with van der Waals surface area (Å²) < 4.78 is 1.84. The van der Waals surface area contributed by atoms with Crippen molar-refractivity contribution in [2.75, 3.05) is 0 Å². The van der Waals surface area contributed by atoms with E-state index in [-0.39, 0.29) is 16.7 Å². The van der Waals surface area contributed by atoms with Crippen LogP contribution in [0.5, 0.6) is 0 Å². The number of nitrogens with zero attached hydrogens (tertiary/aromatic N) is 3. The van der Waals surface area contributed by atoms with Gasteiger partial charge >= 0.3 is 5.97 Å². The first kappa shape index (κ1) is 15.6. The number of hydroxylamine groups is 2. The van der Waals surface area contributed by atoms with Gasteiger partial charge in [-0.3, -0.25) is 14.3 Å². The molecule has 2 aromatic rings. The second-order valence-electron chi connectivity index (χ2n) is 6.36. The summed E-state index contributed by atoms with van der Waals surface area (Å²) in [6.07, 6.45) is 5.82. The van der Waals surface area contributed by atoms with Crippen molar-refractivity contribution in [3.05, 3.63) is 52.8 Å². The van der Waals surface area contributed by atoms with Gasteiger partial charge in [-0.15, -0.1) is 0 Å². The first-order valence-corrected chi connectivity index (χ1v) is 8.32. The van der Waals surface area contributed by atoms with Gasteiger partial charge < -0.3 is 4.84 Å². The Hall–Kier alpha value is -2.96. The predicted octanol–water partition coefficient (Wildman–Crippen LogP) is 2.67. The summed E-state index contributed by atoms with van der Waals surface area (Å²) in [4.78, 5) is 42.1. The van der Waals surface area contributed by atoms with Crippen LogP contribution in [-0.2, 0) is 4.84 Å². The summed E-state index contributed by atoms with van der Waals surface area (Å²) in [5.41, 5.74) is 1.43. The first-order valence-electron chi connectivity index (χ1n) is 8.32. The molecule has 0 radical (unpaired) electrons. The average molecular weight is 339 g/mol. The molecule has 0 atom stereocenters. The van der Waals surface area contributed by atoms with Crippen LogP contribution in [0.2, 0.25) is 0 Å². The maximum absolute atomic E-state index is 12.5. The van der Waals surface area contributed by atoms with E-state index >= 15 is 0 Å². The van der Waals surface area contributed by atoms with Crippen LogP contribution in [0.1, 0.15) is 68.5 Å². The topological polar surface area (TPSA) is 81.5 Å². The second kappa shape index (κ2) is 5.84. The molecule has 7 heteroatoms. The van der Waals surface area contributed by atoms with Gasteiger partial charge in [0.05, 0.1) is 29.1 Å². The fourth-order valence-electron chi connectivity index (χ4n) is 3.52. The Bertz CT molecular complexity index is 845. The number of carbonyl (C=O) groups is 3. The number of rotatable bonds is 3. The number of fused-ring (bicyclic) bond motifs is 1. The first-order chi connectivity index (χ1) is 12.1. The minimum atomic E-state index is -0.753. The van der Waals surface area contributed by atoms with Crippen LogP contribution in [-0.4, -0.2) is 32.6 Å². The summed E-state index contributed by atoms with van der Waals surface area (Å²) in [6, 6.07) is 6.68. The van der Waals surface area contributed by atoms with Crippen molar-refractivity contribution >= 4 is 17.8 Å². The quantitative estimate of drug-likeness (QED) is 0.803. The van der Waals surface area contributed by atoms with Crippen molar-refractivity contribution in [3.8, 4) is 0 Å². The van der Waals surface area contributed by atoms with E-state index < -0.39 is 17.8 Å². The summed E-state index contributed by atoms with van der Waals surface area (Å²) in [7, 11) is 0. The minimum Gasteiger partial charge on any atom is -0.324 e. The molecule has 0 unspecified atom stereocenters. The third kappa shape index (κ3) is 2.43. The highest BCUT2D eigenvalue weighted by Gasteiger charge is 2.39. The molecule has 1 aromatic heterocycles. The second-order valence-corrected chi connectivity index (χ2v) is 6.36. The zero-order valence-corrected chi connectivity index (χ0v) is 13.8. The third-order valence-corrected chi connectivity index (χ3v) is 4.87. The maximum atomic E-state index is 12.5. The Morgan fingerprint density at radius 2 is 1.72 bits per heavy atom. The SMILES string of the molecule is Cc1c(C(=O)ON2C(=O)c3ccccc3C2=O)cnn1C1CCCC1. The van der Waals surface area contributed by atoms with Crippen LogP contribution < -0.4 is 0 Å². The van der Waals surface area contributed by atoms with Gasteiger partial charge in [0, 0.05) is 0 Å². The summed E-state index contributed by atoms with van der Waals surface area (Å²) in [5.74, 6) is -2.01. The molecule has 25 heavy (non-hydrogen) atoms. The van der Waals surface area contributed by atoms with Crippen molar-refractivity contribution in [1.82, 2.24) is 14.8 Å². The molecule has 0 saturated heterocycles. The zero-order valence-electron chi connectivity index (χ0n) is 13.8. The van der Waals surface area contributed by atoms with Gasteiger partial charge in [-0.25, -0.2) is 4.79 Å². The number of aromatic nitrogens is 2. The van der Waals surface area contributed by atoms with Crippen LogP contribution in [0.3, 0.4) is 0 Å². The largest absolute Gasteiger partial charge is 0.367 e. The molecule has 1 aliphatic carbocycles. The molecule has 1 aliphatic heterocycles. The fourth-order valence-corrected chi connectivity index (χ4v) is 3.52. The number of carbonyl (C=O) groups excluding carboxylic acids is 3. The molecular formula is C18H17N3O4. The van der Waals surface area contributed by atoms with Gasteiger partial charge in [-0.05, 0) is 31.9 Å². The van der Waals surface area contributed by atoms with Gasteiger partial charge in [0.25, 0.3) is 11.8 Å². The monoisotopic (exact) mass is 339 g/mol. The lowest BCUT2D eigenvalue weighted by molar-refractivity contribution is -0.0585. The molecule has 4 rings (SSSR count). The highest BCUT2D eigenvalue weighted by Crippen LogP contribution is 2.31. The van der Waals surface area contributed by atoms with Crippen molar-refractivity contribution < 1.29 is 19.2 Å². The molecule has 1 fully saturated rings. The summed E-state index contributed by atoms with van der Waals surface area (Å²) >= 11 is 0. The smallest absolute Gasteiger partial charge is 0.324 e. The van der Waals surface area contributed by atoms with Crippen molar-refractivity contribution in [2.45, 2.75) is 38.6 Å². The van der Waals surface area contributed by atoms with Gasteiger partial charge in [0.1, 0.15) is 5.56 Å². The molecule has 128 valence electrons. The van der Waals surface area contributed by atoms with E-state index in [1.165, 1.54) is 18.3 Å². The molecule has 2 amide bonds. The average Bonchev–Trinajstić information content (AvgIpc) is 3.31. The Morgan fingerprint density at radius 3 is 2.32 bits per heavy atom. The van der Waals surface area contributed by atoms with Gasteiger partial charge in [0.15, 0.2) is 0 Å². The molecule has 7 nitrogen and oxygen atoms in total. The molecule has 2 heterocycles. The van der Waals surface area contributed by atoms with Crippen LogP contribution in [0.25, 0.3) is 0 Å². The Balaban J connectivity index is 1.55. The number of hydrogen-bond acceptors (Lipinski definition) is 5. The zero-order chi connectivity index (χ0) is 17.6. The number of amides is 2. The third-order valence-electron chi connectivity index (χ3n) is 4.87. The summed E-state index contributed by atoms with van der Waals surface area (Å²) in [6.45, 7) is 1.80. The lowest BCUT2D eigenvalue weighted by Gasteiger charge is -2.14. The lowest BCUT2D eigenvalue weighted by Crippen LogP contribution is -2.32. The summed E-state index contributed by atoms with van der Waals surface area (Å²) in [5, 5.41) is 4.83. The van der Waals surface area contributed by atoms with Crippen molar-refractivity contribution in [2.24, 2.45) is 0 Å². The molecule has 1 aromatic carbocycles. The van der Waals surface area contributed by atoms with E-state index in [1.54, 1.807) is 19.1 Å². The van der Waals surface area contributed by atoms with Crippen molar-refractivity contribution in [3.63, 3.8) is 0 Å². The molecule has 0 N–H and O–H groups in total. The standard InChI is InChI=1S/C18H17N3O4/c1-11-15(10-19-20(11)12-6-2-3-7-12)18(24)25-21-16(22)13-8-4-5-9-14(13)17(21)23/h4-5,8-10,12H,2-3,6-7H2,1H3. The molecule has 0 bridgehead atoms. The van der Waals surface area contributed by atoms with Gasteiger partial charge in [-0.1, -0.05) is 30.0 Å². The van der Waals surface area contributed by atoms with E-state index in [4.69, 9.17) is 4.84 Å². The molecule has 1 saturated carbocycles. The molecular weight excluding hydrogens is 322 g/mol. The molecule has 2 aliphatic rings. The van der Waals surface area contributed by atoms with E-state index in [9.17, 15) is 14.4 Å². The van der Waals surface area contributed by atoms with E-state index in [0.29, 0.717) is 16.8 Å². The van der Waals surface area contributed by atoms with Crippen LogP contribution >= 0.6 is 0 Å². The van der Waals surface area contributed by atoms with Crippen molar-refractivity contribution in [1.29, 1.82) is 0 Å². The number of hydrogen-bond donors (Lipinski definition) is 0. The van der Waals surface area contributed by atoms with Crippen LogP contribution in [0, 0.1) is 6.92 Å². The van der Waals surface area contributed by atoms with Crippen LogP contribution in [0.15, 0.2) is 30.5 Å². The highest BCUT2D eigenvalue weighted by molar-refractivity contribution is 6.21. The minimum absolute atomic E-state index is 0.235. The van der Waals surface area contributed by atoms with Gasteiger partial charge in [-0.2, -0.15) is 5.10 Å². The Labute approximate surface area is 144 Å². The Morgan fingerprint density at radius 1 is 1.12 bits per heavy atom. The predicted molar refractivity (Wildman–Crippen MR) is 86.8 cm³/mol. The van der Waals surface area contributed by atoms with Crippen LogP contribution in [0.4, 0.5) is 0 Å². The normalized spacial score (nSPS) is 17.2. The van der Waals surface area contributed by atoms with E-state index in [1.807, 2.05) is 4.68 Å². The fraction of sp³-hybridized carbons (Fsp3) is 0.333. The van der Waals surface area contributed by atoms with Gasteiger partial charge in [0.2, 0.25) is 0 Å². The number of benzene rings is 1. The van der Waals surface area contributed by atoms with E-state index in [0.717, 1.165) is 25.7 Å².